The largest absolute Gasteiger partial charge is 0.406 e. The highest BCUT2D eigenvalue weighted by Gasteiger charge is 2.27. The van der Waals surface area contributed by atoms with Crippen molar-refractivity contribution >= 4 is 0 Å². The van der Waals surface area contributed by atoms with Gasteiger partial charge in [0.2, 0.25) is 0 Å². The number of halogens is 3. The Bertz CT molecular complexity index is 265. The maximum Gasteiger partial charge on any atom is 0.406 e. The molecule has 1 rings (SSSR count). The Morgan fingerprint density at radius 3 is 2.69 bits per heavy atom. The molecule has 0 aromatic carbocycles. The van der Waals surface area contributed by atoms with Gasteiger partial charge in [-0.3, -0.25) is 0 Å². The van der Waals surface area contributed by atoms with E-state index in [0.29, 0.717) is 5.69 Å². The number of alkyl halides is 3. The lowest BCUT2D eigenvalue weighted by Crippen LogP contribution is -2.16. The van der Waals surface area contributed by atoms with Gasteiger partial charge in [-0.25, -0.2) is 4.98 Å². The zero-order chi connectivity index (χ0) is 9.90. The average Bonchev–Trinajstić information content (AvgIpc) is 2.33. The molecule has 0 N–H and O–H groups in total. The van der Waals surface area contributed by atoms with Gasteiger partial charge in [0.05, 0.1) is 12.0 Å². The Morgan fingerprint density at radius 2 is 2.15 bits per heavy atom. The van der Waals surface area contributed by atoms with E-state index in [1.165, 1.54) is 12.5 Å². The van der Waals surface area contributed by atoms with Crippen LogP contribution in [0, 0.1) is 0 Å². The fourth-order valence-corrected chi connectivity index (χ4v) is 1.09. The predicted octanol–water partition coefficient (Wildman–Crippen LogP) is 2.40. The third-order valence-electron chi connectivity index (χ3n) is 1.55. The van der Waals surface area contributed by atoms with Gasteiger partial charge in [0, 0.05) is 6.20 Å². The molecule has 0 spiro atoms. The lowest BCUT2D eigenvalue weighted by molar-refractivity contribution is -0.140. The van der Waals surface area contributed by atoms with Crippen LogP contribution >= 0.6 is 0 Å². The lowest BCUT2D eigenvalue weighted by atomic mass is 10.3. The highest BCUT2D eigenvalue weighted by molar-refractivity contribution is 4.96. The minimum atomic E-state index is -4.16. The van der Waals surface area contributed by atoms with Crippen molar-refractivity contribution in [3.63, 3.8) is 0 Å². The molecule has 0 fully saturated rings. The third kappa shape index (κ3) is 3.48. The van der Waals surface area contributed by atoms with E-state index in [1.54, 1.807) is 0 Å². The zero-order valence-corrected chi connectivity index (χ0v) is 7.30. The van der Waals surface area contributed by atoms with E-state index in [4.69, 9.17) is 0 Å². The standard InChI is InChI=1S/C8H11F3N2/c1-2-3-7-4-13(6-12-7)5-8(9,10)11/h4,6H,2-3,5H2,1H3. The monoisotopic (exact) mass is 192 g/mol. The highest BCUT2D eigenvalue weighted by Crippen LogP contribution is 2.17. The number of rotatable bonds is 3. The fraction of sp³-hybridized carbons (Fsp3) is 0.625. The first kappa shape index (κ1) is 10.1. The maximum atomic E-state index is 11.9. The first-order chi connectivity index (χ1) is 6.01. The number of hydrogen-bond acceptors (Lipinski definition) is 1. The van der Waals surface area contributed by atoms with Crippen molar-refractivity contribution < 1.29 is 13.2 Å². The fourth-order valence-electron chi connectivity index (χ4n) is 1.09. The van der Waals surface area contributed by atoms with Gasteiger partial charge in [-0.2, -0.15) is 13.2 Å². The van der Waals surface area contributed by atoms with E-state index in [-0.39, 0.29) is 0 Å². The Balaban J connectivity index is 2.59. The highest BCUT2D eigenvalue weighted by atomic mass is 19.4. The Hall–Kier alpha value is -1.00. The van der Waals surface area contributed by atoms with Crippen LogP contribution in [0.1, 0.15) is 19.0 Å². The molecule has 0 saturated heterocycles. The molecule has 1 aromatic rings. The van der Waals surface area contributed by atoms with Crippen LogP contribution in [0.15, 0.2) is 12.5 Å². The predicted molar refractivity (Wildman–Crippen MR) is 42.3 cm³/mol. The third-order valence-corrected chi connectivity index (χ3v) is 1.55. The summed E-state index contributed by atoms with van der Waals surface area (Å²) in [5.74, 6) is 0. The first-order valence-electron chi connectivity index (χ1n) is 4.08. The topological polar surface area (TPSA) is 17.8 Å². The van der Waals surface area contributed by atoms with Crippen LogP contribution in [-0.2, 0) is 13.0 Å². The maximum absolute atomic E-state index is 11.9. The number of nitrogens with zero attached hydrogens (tertiary/aromatic N) is 2. The molecule has 5 heteroatoms. The van der Waals surface area contributed by atoms with Gasteiger partial charge in [0.25, 0.3) is 0 Å². The van der Waals surface area contributed by atoms with Crippen LogP contribution in [0.2, 0.25) is 0 Å². The van der Waals surface area contributed by atoms with Gasteiger partial charge in [0.1, 0.15) is 6.54 Å². The van der Waals surface area contributed by atoms with E-state index < -0.39 is 12.7 Å². The van der Waals surface area contributed by atoms with E-state index in [2.05, 4.69) is 4.98 Å². The molecule has 0 aliphatic rings. The number of aromatic nitrogens is 2. The van der Waals surface area contributed by atoms with E-state index in [0.717, 1.165) is 17.4 Å². The molecule has 0 aliphatic carbocycles. The van der Waals surface area contributed by atoms with Crippen molar-refractivity contribution in [1.82, 2.24) is 9.55 Å². The summed E-state index contributed by atoms with van der Waals surface area (Å²) in [5.41, 5.74) is 0.715. The molecule has 0 unspecified atom stereocenters. The molecule has 0 atom stereocenters. The summed E-state index contributed by atoms with van der Waals surface area (Å²) in [7, 11) is 0. The van der Waals surface area contributed by atoms with Crippen LogP contribution in [0.3, 0.4) is 0 Å². The summed E-state index contributed by atoms with van der Waals surface area (Å²) in [4.78, 5) is 3.85. The van der Waals surface area contributed by atoms with Crippen molar-refractivity contribution in [2.75, 3.05) is 0 Å². The zero-order valence-electron chi connectivity index (χ0n) is 7.30. The average molecular weight is 192 g/mol. The molecular weight excluding hydrogens is 181 g/mol. The lowest BCUT2D eigenvalue weighted by Gasteiger charge is -2.05. The summed E-state index contributed by atoms with van der Waals surface area (Å²) in [5, 5.41) is 0. The van der Waals surface area contributed by atoms with Gasteiger partial charge in [0.15, 0.2) is 0 Å². The second kappa shape index (κ2) is 3.81. The second-order valence-corrected chi connectivity index (χ2v) is 2.90. The van der Waals surface area contributed by atoms with Crippen LogP contribution in [-0.4, -0.2) is 15.7 Å². The van der Waals surface area contributed by atoms with Crippen LogP contribution in [0.25, 0.3) is 0 Å². The van der Waals surface area contributed by atoms with E-state index in [1.807, 2.05) is 6.92 Å². The molecule has 0 saturated carbocycles. The smallest absolute Gasteiger partial charge is 0.328 e. The quantitative estimate of drug-likeness (QED) is 0.719. The molecule has 0 radical (unpaired) electrons. The summed E-state index contributed by atoms with van der Waals surface area (Å²) in [6.45, 7) is 1.01. The van der Waals surface area contributed by atoms with Crippen LogP contribution in [0.5, 0.6) is 0 Å². The minimum absolute atomic E-state index is 0.715. The van der Waals surface area contributed by atoms with Crippen molar-refractivity contribution in [2.45, 2.75) is 32.5 Å². The summed E-state index contributed by atoms with van der Waals surface area (Å²) in [6.07, 6.45) is 0.119. The van der Waals surface area contributed by atoms with E-state index >= 15 is 0 Å². The van der Waals surface area contributed by atoms with Crippen LogP contribution < -0.4 is 0 Å². The Morgan fingerprint density at radius 1 is 1.46 bits per heavy atom. The normalized spacial score (nSPS) is 12.0. The Labute approximate surface area is 74.4 Å². The van der Waals surface area contributed by atoms with Crippen molar-refractivity contribution in [1.29, 1.82) is 0 Å². The van der Waals surface area contributed by atoms with Gasteiger partial charge in [-0.05, 0) is 6.42 Å². The molecule has 1 heterocycles. The molecule has 2 nitrogen and oxygen atoms in total. The summed E-state index contributed by atoms with van der Waals surface area (Å²) < 4.78 is 36.7. The van der Waals surface area contributed by atoms with E-state index in [9.17, 15) is 13.2 Å². The van der Waals surface area contributed by atoms with Gasteiger partial charge in [-0.1, -0.05) is 13.3 Å². The number of aryl methyl sites for hydroxylation is 1. The summed E-state index contributed by atoms with van der Waals surface area (Å²) >= 11 is 0. The Kier molecular flexibility index (Phi) is 2.95. The SMILES string of the molecule is CCCc1cn(CC(F)(F)F)cn1. The molecule has 13 heavy (non-hydrogen) atoms. The number of hydrogen-bond donors (Lipinski definition) is 0. The van der Waals surface area contributed by atoms with Gasteiger partial charge >= 0.3 is 6.18 Å². The first-order valence-corrected chi connectivity index (χ1v) is 4.08. The van der Waals surface area contributed by atoms with Crippen LogP contribution in [0.4, 0.5) is 13.2 Å². The van der Waals surface area contributed by atoms with Gasteiger partial charge in [-0.15, -0.1) is 0 Å². The number of imidazole rings is 1. The molecule has 0 aliphatic heterocycles. The van der Waals surface area contributed by atoms with Crippen molar-refractivity contribution in [2.24, 2.45) is 0 Å². The van der Waals surface area contributed by atoms with Gasteiger partial charge < -0.3 is 4.57 Å². The molecule has 1 aromatic heterocycles. The van der Waals surface area contributed by atoms with Crippen molar-refractivity contribution in [3.8, 4) is 0 Å². The molecule has 0 amide bonds. The molecule has 0 bridgehead atoms. The minimum Gasteiger partial charge on any atom is -0.328 e. The summed E-state index contributed by atoms with van der Waals surface area (Å²) in [6, 6.07) is 0. The molecular formula is C8H11F3N2. The molecule has 74 valence electrons. The second-order valence-electron chi connectivity index (χ2n) is 2.90. The van der Waals surface area contributed by atoms with Crippen molar-refractivity contribution in [3.05, 3.63) is 18.2 Å².